The van der Waals surface area contributed by atoms with Crippen molar-refractivity contribution in [1.29, 1.82) is 0 Å². The molecule has 43 heavy (non-hydrogen) atoms. The van der Waals surface area contributed by atoms with E-state index in [0.29, 0.717) is 28.4 Å². The lowest BCUT2D eigenvalue weighted by Gasteiger charge is -2.29. The highest BCUT2D eigenvalue weighted by Gasteiger charge is 2.32. The maximum atomic E-state index is 13.4. The summed E-state index contributed by atoms with van der Waals surface area (Å²) in [6, 6.07) is 11.4. The summed E-state index contributed by atoms with van der Waals surface area (Å²) < 4.78 is 42.1. The van der Waals surface area contributed by atoms with E-state index in [4.69, 9.17) is 4.74 Å². The molecule has 236 valence electrons. The fourth-order valence-electron chi connectivity index (χ4n) is 7.99. The Morgan fingerprint density at radius 1 is 0.581 bits per heavy atom. The molecule has 3 aliphatic rings. The van der Waals surface area contributed by atoms with Gasteiger partial charge in [0.15, 0.2) is 0 Å². The molecule has 0 saturated heterocycles. The first kappa shape index (κ1) is 32.2. The number of rotatable bonds is 6. The molecule has 6 heteroatoms. The molecule has 0 atom stereocenters. The number of hydrogen-bond acceptors (Lipinski definition) is 4. The Hall–Kier alpha value is -2.18. The summed E-state index contributed by atoms with van der Waals surface area (Å²) in [6.07, 6.45) is 24.3. The molecular weight excluding hydrogens is 556 g/mol. The minimum Gasteiger partial charge on any atom is -0.423 e. The van der Waals surface area contributed by atoms with Crippen molar-refractivity contribution in [1.82, 2.24) is 0 Å². The molecule has 3 aliphatic carbocycles. The number of carbonyl (C=O) groups is 1. The fourth-order valence-corrected chi connectivity index (χ4v) is 9.04. The van der Waals surface area contributed by atoms with Gasteiger partial charge in [-0.25, -0.2) is 4.79 Å². The predicted octanol–water partition coefficient (Wildman–Crippen LogP) is 10.6. The monoisotopic (exact) mass is 608 g/mol. The van der Waals surface area contributed by atoms with Crippen molar-refractivity contribution in [2.75, 3.05) is 0 Å². The van der Waals surface area contributed by atoms with Crippen molar-refractivity contribution in [3.8, 4) is 5.75 Å². The maximum absolute atomic E-state index is 13.4. The molecule has 3 fully saturated rings. The zero-order valence-corrected chi connectivity index (χ0v) is 26.9. The minimum atomic E-state index is -4.43. The van der Waals surface area contributed by atoms with Crippen LogP contribution >= 0.6 is 0 Å². The summed E-state index contributed by atoms with van der Waals surface area (Å²) in [4.78, 5) is 13.5. The predicted molar refractivity (Wildman–Crippen MR) is 173 cm³/mol. The summed E-state index contributed by atoms with van der Waals surface area (Å²) in [6.45, 7) is 0. The number of carbonyl (C=O) groups excluding carboxylic acids is 1. The van der Waals surface area contributed by atoms with E-state index in [1.54, 1.807) is 12.1 Å². The van der Waals surface area contributed by atoms with Crippen LogP contribution in [0.15, 0.2) is 41.3 Å². The van der Waals surface area contributed by atoms with Crippen molar-refractivity contribution in [3.05, 3.63) is 58.7 Å². The van der Waals surface area contributed by atoms with Gasteiger partial charge in [0.2, 0.25) is 0 Å². The standard InChI is InChI=1S/C37H52O5S/c38-37(32-24-22-29(23-25-32)28-16-10-6-4-2-1-3-5-7-11-17-28)42-33-26-34(30-18-12-8-13-19-30)36(43(39,40)41)35(27-33)31-20-14-9-15-21-31/h22-28,30-31H,1-21H2,(H,39,40,41). The van der Waals surface area contributed by atoms with Crippen LogP contribution in [0.4, 0.5) is 0 Å². The van der Waals surface area contributed by atoms with Crippen molar-refractivity contribution in [3.63, 3.8) is 0 Å². The molecule has 0 amide bonds. The number of esters is 1. The Kier molecular flexibility index (Phi) is 11.8. The molecule has 3 saturated carbocycles. The summed E-state index contributed by atoms with van der Waals surface area (Å²) in [7, 11) is -4.43. The van der Waals surface area contributed by atoms with E-state index in [0.717, 1.165) is 64.2 Å². The second kappa shape index (κ2) is 15.7. The number of hydrogen-bond donors (Lipinski definition) is 1. The van der Waals surface area contributed by atoms with Crippen LogP contribution in [0.5, 0.6) is 5.75 Å². The lowest BCUT2D eigenvalue weighted by molar-refractivity contribution is 0.0734. The lowest BCUT2D eigenvalue weighted by Crippen LogP contribution is -2.17. The van der Waals surface area contributed by atoms with Gasteiger partial charge >= 0.3 is 5.97 Å². The van der Waals surface area contributed by atoms with E-state index in [9.17, 15) is 17.8 Å². The zero-order chi connectivity index (χ0) is 30.1. The lowest BCUT2D eigenvalue weighted by atomic mass is 9.79. The van der Waals surface area contributed by atoms with Gasteiger partial charge in [0.25, 0.3) is 10.1 Å². The summed E-state index contributed by atoms with van der Waals surface area (Å²) in [5.41, 5.74) is 3.08. The van der Waals surface area contributed by atoms with Crippen LogP contribution in [0.3, 0.4) is 0 Å². The smallest absolute Gasteiger partial charge is 0.343 e. The van der Waals surface area contributed by atoms with Crippen LogP contribution in [-0.4, -0.2) is 18.9 Å². The van der Waals surface area contributed by atoms with Gasteiger partial charge in [0.05, 0.1) is 5.56 Å². The summed E-state index contributed by atoms with van der Waals surface area (Å²) in [5.74, 6) is 0.582. The van der Waals surface area contributed by atoms with Crippen LogP contribution in [0.1, 0.15) is 180 Å². The van der Waals surface area contributed by atoms with E-state index >= 15 is 0 Å². The molecule has 0 aromatic heterocycles. The van der Waals surface area contributed by atoms with E-state index < -0.39 is 16.1 Å². The quantitative estimate of drug-likeness (QED) is 0.200. The molecular formula is C37H52O5S. The van der Waals surface area contributed by atoms with Crippen molar-refractivity contribution in [2.24, 2.45) is 0 Å². The Labute approximate surface area is 259 Å². The van der Waals surface area contributed by atoms with Gasteiger partial charge in [-0.05, 0) is 97.2 Å². The molecule has 0 radical (unpaired) electrons. The molecule has 0 bridgehead atoms. The van der Waals surface area contributed by atoms with E-state index in [1.807, 2.05) is 12.1 Å². The average Bonchev–Trinajstić information content (AvgIpc) is 3.01. The molecule has 0 aliphatic heterocycles. The van der Waals surface area contributed by atoms with Crippen LogP contribution in [0.2, 0.25) is 0 Å². The van der Waals surface area contributed by atoms with Gasteiger partial charge in [-0.15, -0.1) is 0 Å². The Morgan fingerprint density at radius 2 is 0.953 bits per heavy atom. The van der Waals surface area contributed by atoms with Gasteiger partial charge in [-0.3, -0.25) is 4.55 Å². The van der Waals surface area contributed by atoms with E-state index in [2.05, 4.69) is 12.1 Å². The maximum Gasteiger partial charge on any atom is 0.343 e. The number of benzene rings is 2. The molecule has 1 N–H and O–H groups in total. The zero-order valence-electron chi connectivity index (χ0n) is 26.0. The van der Waals surface area contributed by atoms with Crippen LogP contribution in [0.25, 0.3) is 0 Å². The van der Waals surface area contributed by atoms with Crippen molar-refractivity contribution in [2.45, 2.75) is 157 Å². The number of ether oxygens (including phenoxy) is 1. The minimum absolute atomic E-state index is 0.0388. The van der Waals surface area contributed by atoms with Crippen molar-refractivity contribution >= 4 is 16.1 Å². The topological polar surface area (TPSA) is 80.7 Å². The molecule has 5 nitrogen and oxygen atoms in total. The van der Waals surface area contributed by atoms with Crippen LogP contribution < -0.4 is 4.74 Å². The SMILES string of the molecule is O=C(Oc1cc(C2CCCCC2)c(S(=O)(=O)O)c(C2CCCCC2)c1)c1ccc(C2CCCCCCCCCCC2)cc1. The summed E-state index contributed by atoms with van der Waals surface area (Å²) >= 11 is 0. The molecule has 0 unspecified atom stereocenters. The third-order valence-corrected chi connectivity index (χ3v) is 11.4. The van der Waals surface area contributed by atoms with Gasteiger partial charge < -0.3 is 4.74 Å². The van der Waals surface area contributed by atoms with Crippen LogP contribution in [-0.2, 0) is 10.1 Å². The second-order valence-electron chi connectivity index (χ2n) is 13.5. The summed E-state index contributed by atoms with van der Waals surface area (Å²) in [5, 5.41) is 0. The molecule has 0 heterocycles. The van der Waals surface area contributed by atoms with Gasteiger partial charge in [-0.1, -0.05) is 108 Å². The molecule has 2 aromatic rings. The van der Waals surface area contributed by atoms with Crippen LogP contribution in [0, 0.1) is 0 Å². The normalized spacial score (nSPS) is 21.0. The highest BCUT2D eigenvalue weighted by atomic mass is 32.2. The van der Waals surface area contributed by atoms with Gasteiger partial charge in [-0.2, -0.15) is 8.42 Å². The second-order valence-corrected chi connectivity index (χ2v) is 14.9. The van der Waals surface area contributed by atoms with Gasteiger partial charge in [0, 0.05) is 0 Å². The third-order valence-electron chi connectivity index (χ3n) is 10.4. The largest absolute Gasteiger partial charge is 0.423 e. The highest BCUT2D eigenvalue weighted by molar-refractivity contribution is 7.86. The molecule has 2 aromatic carbocycles. The molecule has 0 spiro atoms. The first-order chi connectivity index (χ1) is 20.9. The van der Waals surface area contributed by atoms with E-state index in [1.165, 1.54) is 76.2 Å². The van der Waals surface area contributed by atoms with Gasteiger partial charge in [0.1, 0.15) is 10.6 Å². The first-order valence-corrected chi connectivity index (χ1v) is 18.8. The first-order valence-electron chi connectivity index (χ1n) is 17.4. The highest BCUT2D eigenvalue weighted by Crippen LogP contribution is 2.44. The van der Waals surface area contributed by atoms with Crippen molar-refractivity contribution < 1.29 is 22.5 Å². The Bertz CT molecular complexity index is 1240. The Morgan fingerprint density at radius 3 is 1.37 bits per heavy atom. The Balaban J connectivity index is 1.37. The fraction of sp³-hybridized carbons (Fsp3) is 0.649. The third kappa shape index (κ3) is 8.94. The average molecular weight is 609 g/mol. The van der Waals surface area contributed by atoms with E-state index in [-0.39, 0.29) is 16.7 Å². The molecule has 5 rings (SSSR count).